The minimum atomic E-state index is -0.650. The number of benzene rings is 2. The van der Waals surface area contributed by atoms with E-state index in [1.54, 1.807) is 12.1 Å². The van der Waals surface area contributed by atoms with Crippen LogP contribution < -0.4 is 5.32 Å². The number of fused-ring (bicyclic) bond motifs is 1. The van der Waals surface area contributed by atoms with Gasteiger partial charge in [-0.3, -0.25) is 4.79 Å². The highest BCUT2D eigenvalue weighted by atomic mass is 19.1. The molecule has 1 amide bonds. The van der Waals surface area contributed by atoms with E-state index in [9.17, 15) is 18.0 Å². The van der Waals surface area contributed by atoms with Gasteiger partial charge in [-0.25, -0.2) is 13.2 Å². The number of hydrogen-bond acceptors (Lipinski definition) is 2. The van der Waals surface area contributed by atoms with Crippen LogP contribution in [-0.2, 0) is 9.53 Å². The predicted molar refractivity (Wildman–Crippen MR) is 106 cm³/mol. The number of H-pyrrole nitrogens is 1. The van der Waals surface area contributed by atoms with Crippen LogP contribution in [0.1, 0.15) is 30.7 Å². The highest BCUT2D eigenvalue weighted by molar-refractivity contribution is 5.92. The Hall–Kier alpha value is -2.80. The maximum atomic E-state index is 14.4. The van der Waals surface area contributed by atoms with Crippen LogP contribution in [0.25, 0.3) is 22.2 Å². The minimum absolute atomic E-state index is 0.0760. The normalized spacial score (nSPS) is 23.1. The van der Waals surface area contributed by atoms with Crippen molar-refractivity contribution in [3.8, 4) is 11.3 Å². The number of aromatic amines is 1. The number of carbonyl (C=O) groups is 1. The number of carbonyl (C=O) groups excluding carboxylic acids is 1. The SMILES string of the molecule is O=C(NC[C@H]1C[C@H](c2c(-c3ccc(F)cc3)[nH]c3c(F)cc(F)cc32)C1)C1CCO1. The molecule has 1 aliphatic carbocycles. The van der Waals surface area contributed by atoms with Gasteiger partial charge in [0.2, 0.25) is 5.91 Å². The molecule has 7 heteroatoms. The molecule has 1 unspecified atom stereocenters. The van der Waals surface area contributed by atoms with Crippen molar-refractivity contribution in [3.05, 3.63) is 59.4 Å². The molecular formula is C23H21F3N2O2. The molecular weight excluding hydrogens is 393 g/mol. The summed E-state index contributed by atoms with van der Waals surface area (Å²) in [6, 6.07) is 8.17. The summed E-state index contributed by atoms with van der Waals surface area (Å²) < 4.78 is 47.0. The molecule has 0 radical (unpaired) electrons. The molecule has 3 aromatic rings. The lowest BCUT2D eigenvalue weighted by atomic mass is 9.70. The standard InChI is InChI=1S/C23H21F3N2O2/c24-15-3-1-13(2-4-15)21-20(17-9-16(25)10-18(26)22(17)28-21)14-7-12(8-14)11-27-23(29)19-5-6-30-19/h1-4,9-10,12,14,19,28H,5-8,11H2,(H,27,29)/t12-,14-,19?. The summed E-state index contributed by atoms with van der Waals surface area (Å²) in [4.78, 5) is 15.0. The predicted octanol–water partition coefficient (Wildman–Crippen LogP) is 4.65. The van der Waals surface area contributed by atoms with Gasteiger partial charge in [0.25, 0.3) is 0 Å². The largest absolute Gasteiger partial charge is 0.368 e. The molecule has 1 atom stereocenters. The lowest BCUT2D eigenvalue weighted by Gasteiger charge is -2.37. The van der Waals surface area contributed by atoms with E-state index in [4.69, 9.17) is 4.74 Å². The fourth-order valence-corrected chi connectivity index (χ4v) is 4.45. The Balaban J connectivity index is 1.41. The van der Waals surface area contributed by atoms with Gasteiger partial charge in [0.1, 0.15) is 23.6 Å². The van der Waals surface area contributed by atoms with Crippen LogP contribution in [0.3, 0.4) is 0 Å². The van der Waals surface area contributed by atoms with E-state index in [-0.39, 0.29) is 29.3 Å². The van der Waals surface area contributed by atoms with Gasteiger partial charge in [0.05, 0.1) is 17.8 Å². The zero-order valence-electron chi connectivity index (χ0n) is 16.2. The molecule has 2 aromatic carbocycles. The number of rotatable bonds is 5. The van der Waals surface area contributed by atoms with Gasteiger partial charge < -0.3 is 15.0 Å². The van der Waals surface area contributed by atoms with Gasteiger partial charge in [0.15, 0.2) is 0 Å². The fraction of sp³-hybridized carbons (Fsp3) is 0.348. The first kappa shape index (κ1) is 19.2. The van der Waals surface area contributed by atoms with Crippen molar-refractivity contribution in [2.75, 3.05) is 13.2 Å². The Morgan fingerprint density at radius 1 is 1.10 bits per heavy atom. The van der Waals surface area contributed by atoms with Crippen molar-refractivity contribution >= 4 is 16.8 Å². The molecule has 4 nitrogen and oxygen atoms in total. The third-order valence-electron chi connectivity index (χ3n) is 6.20. The molecule has 2 heterocycles. The summed E-state index contributed by atoms with van der Waals surface area (Å²) in [5.74, 6) is -1.32. The van der Waals surface area contributed by atoms with E-state index in [0.717, 1.165) is 36.5 Å². The lowest BCUT2D eigenvalue weighted by Crippen LogP contribution is -2.45. The highest BCUT2D eigenvalue weighted by Crippen LogP contribution is 2.48. The number of amides is 1. The Bertz CT molecular complexity index is 1100. The molecule has 30 heavy (non-hydrogen) atoms. The number of aromatic nitrogens is 1. The first-order valence-electron chi connectivity index (χ1n) is 10.2. The molecule has 1 saturated carbocycles. The molecule has 1 aromatic heterocycles. The average molecular weight is 414 g/mol. The first-order chi connectivity index (χ1) is 14.5. The summed E-state index contributed by atoms with van der Waals surface area (Å²) >= 11 is 0. The summed E-state index contributed by atoms with van der Waals surface area (Å²) in [7, 11) is 0. The van der Waals surface area contributed by atoms with E-state index >= 15 is 0 Å². The van der Waals surface area contributed by atoms with Gasteiger partial charge >= 0.3 is 0 Å². The van der Waals surface area contributed by atoms with Crippen molar-refractivity contribution in [2.24, 2.45) is 5.92 Å². The third-order valence-corrected chi connectivity index (χ3v) is 6.20. The molecule has 2 fully saturated rings. The zero-order chi connectivity index (χ0) is 20.8. The second-order valence-corrected chi connectivity index (χ2v) is 8.16. The fourth-order valence-electron chi connectivity index (χ4n) is 4.45. The third kappa shape index (κ3) is 3.37. The Morgan fingerprint density at radius 2 is 1.83 bits per heavy atom. The Kier molecular flexibility index (Phi) is 4.77. The van der Waals surface area contributed by atoms with E-state index in [2.05, 4.69) is 10.3 Å². The van der Waals surface area contributed by atoms with Gasteiger partial charge in [-0.1, -0.05) is 0 Å². The molecule has 0 bridgehead atoms. The summed E-state index contributed by atoms with van der Waals surface area (Å²) in [6.07, 6.45) is 2.02. The molecule has 2 aliphatic rings. The van der Waals surface area contributed by atoms with Gasteiger partial charge in [-0.2, -0.15) is 0 Å². The van der Waals surface area contributed by atoms with E-state index in [1.165, 1.54) is 18.2 Å². The lowest BCUT2D eigenvalue weighted by molar-refractivity contribution is -0.145. The average Bonchev–Trinajstić information content (AvgIpc) is 2.99. The maximum Gasteiger partial charge on any atom is 0.249 e. The van der Waals surface area contributed by atoms with Crippen LogP contribution in [-0.4, -0.2) is 30.1 Å². The van der Waals surface area contributed by atoms with Crippen LogP contribution in [0, 0.1) is 23.4 Å². The van der Waals surface area contributed by atoms with Gasteiger partial charge in [0, 0.05) is 24.4 Å². The second-order valence-electron chi connectivity index (χ2n) is 8.16. The highest BCUT2D eigenvalue weighted by Gasteiger charge is 2.35. The Morgan fingerprint density at radius 3 is 2.50 bits per heavy atom. The molecule has 5 rings (SSSR count). The second kappa shape index (κ2) is 7.47. The first-order valence-corrected chi connectivity index (χ1v) is 10.2. The number of hydrogen-bond donors (Lipinski definition) is 2. The van der Waals surface area contributed by atoms with Crippen LogP contribution in [0.15, 0.2) is 36.4 Å². The smallest absolute Gasteiger partial charge is 0.249 e. The minimum Gasteiger partial charge on any atom is -0.368 e. The van der Waals surface area contributed by atoms with Crippen LogP contribution >= 0.6 is 0 Å². The summed E-state index contributed by atoms with van der Waals surface area (Å²) in [5.41, 5.74) is 2.51. The van der Waals surface area contributed by atoms with Crippen molar-refractivity contribution in [2.45, 2.75) is 31.3 Å². The van der Waals surface area contributed by atoms with Gasteiger partial charge in [-0.15, -0.1) is 0 Å². The van der Waals surface area contributed by atoms with Crippen molar-refractivity contribution < 1.29 is 22.7 Å². The summed E-state index contributed by atoms with van der Waals surface area (Å²) in [6.45, 7) is 1.19. The van der Waals surface area contributed by atoms with Crippen LogP contribution in [0.4, 0.5) is 13.2 Å². The van der Waals surface area contributed by atoms with Crippen molar-refractivity contribution in [3.63, 3.8) is 0 Å². The number of ether oxygens (including phenoxy) is 1. The van der Waals surface area contributed by atoms with Crippen molar-refractivity contribution in [1.29, 1.82) is 0 Å². The zero-order valence-corrected chi connectivity index (χ0v) is 16.2. The molecule has 1 saturated heterocycles. The van der Waals surface area contributed by atoms with Crippen molar-refractivity contribution in [1.82, 2.24) is 10.3 Å². The monoisotopic (exact) mass is 414 g/mol. The number of halogens is 3. The van der Waals surface area contributed by atoms with Crippen LogP contribution in [0.2, 0.25) is 0 Å². The van der Waals surface area contributed by atoms with Crippen LogP contribution in [0.5, 0.6) is 0 Å². The molecule has 0 spiro atoms. The molecule has 156 valence electrons. The molecule has 1 aliphatic heterocycles. The Labute approximate surface area is 171 Å². The topological polar surface area (TPSA) is 54.1 Å². The summed E-state index contributed by atoms with van der Waals surface area (Å²) in [5, 5.41) is 3.44. The maximum absolute atomic E-state index is 14.4. The number of nitrogens with one attached hydrogen (secondary N) is 2. The van der Waals surface area contributed by atoms with E-state index in [1.807, 2.05) is 0 Å². The molecule has 2 N–H and O–H groups in total. The van der Waals surface area contributed by atoms with E-state index in [0.29, 0.717) is 30.1 Å². The quantitative estimate of drug-likeness (QED) is 0.639. The van der Waals surface area contributed by atoms with E-state index < -0.39 is 11.6 Å². The van der Waals surface area contributed by atoms with Gasteiger partial charge in [-0.05, 0) is 66.1 Å².